The van der Waals surface area contributed by atoms with Crippen LogP contribution in [0.1, 0.15) is 31.2 Å². The second kappa shape index (κ2) is 13.1. The van der Waals surface area contributed by atoms with E-state index < -0.39 is 50.5 Å². The van der Waals surface area contributed by atoms with Crippen molar-refractivity contribution in [3.05, 3.63) is 58.9 Å². The number of esters is 1. The van der Waals surface area contributed by atoms with Crippen molar-refractivity contribution in [2.24, 2.45) is 0 Å². The normalized spacial score (nSPS) is 14.3. The third kappa shape index (κ3) is 9.55. The highest BCUT2D eigenvalue weighted by molar-refractivity contribution is 7.51. The average Bonchev–Trinajstić information content (AvgIpc) is 3.38. The minimum atomic E-state index is -4.37. The molecule has 2 amide bonds. The first-order valence-electron chi connectivity index (χ1n) is 11.8. The Morgan fingerprint density at radius 1 is 1.11 bits per heavy atom. The van der Waals surface area contributed by atoms with Gasteiger partial charge in [-0.15, -0.1) is 0 Å². The standard InChI is InChI=1S/C25H29ClFN2O7P/c26-19-7-8-22(27)21(14-19)18-5-3-17(4-6-18)13-20(28-23(30)9-12-37(33,34)35)15-25(32)36-16-24(31)29-10-1-2-11-29/h3-8,14,20H,1-2,9-13,15-16H2,(H,28,30)(H2,33,34,35). The third-order valence-electron chi connectivity index (χ3n) is 5.90. The van der Waals surface area contributed by atoms with E-state index in [-0.39, 0.29) is 18.7 Å². The summed E-state index contributed by atoms with van der Waals surface area (Å²) in [5.41, 5.74) is 1.63. The van der Waals surface area contributed by atoms with Gasteiger partial charge in [0.05, 0.1) is 12.6 Å². The van der Waals surface area contributed by atoms with Crippen molar-refractivity contribution in [2.45, 2.75) is 38.1 Å². The van der Waals surface area contributed by atoms with E-state index in [4.69, 9.17) is 26.1 Å². The molecule has 1 unspecified atom stereocenters. The summed E-state index contributed by atoms with van der Waals surface area (Å²) in [6.45, 7) is 0.866. The fraction of sp³-hybridized carbons (Fsp3) is 0.400. The van der Waals surface area contributed by atoms with Gasteiger partial charge in [0.1, 0.15) is 5.82 Å². The fourth-order valence-corrected chi connectivity index (χ4v) is 4.67. The lowest BCUT2D eigenvalue weighted by molar-refractivity contribution is -0.152. The van der Waals surface area contributed by atoms with Crippen molar-refractivity contribution >= 4 is 37.0 Å². The summed E-state index contributed by atoms with van der Waals surface area (Å²) in [6, 6.07) is 10.3. The molecule has 3 rings (SSSR count). The van der Waals surface area contributed by atoms with Crippen molar-refractivity contribution < 1.29 is 37.9 Å². The van der Waals surface area contributed by atoms with Gasteiger partial charge >= 0.3 is 13.6 Å². The number of halogens is 2. The molecule has 3 N–H and O–H groups in total. The molecule has 0 saturated carbocycles. The lowest BCUT2D eigenvalue weighted by Crippen LogP contribution is -2.39. The number of rotatable bonds is 11. The summed E-state index contributed by atoms with van der Waals surface area (Å²) in [7, 11) is -4.37. The molecule has 1 fully saturated rings. The molecule has 2 aromatic rings. The number of benzene rings is 2. The summed E-state index contributed by atoms with van der Waals surface area (Å²) in [4.78, 5) is 56.6. The van der Waals surface area contributed by atoms with E-state index in [9.17, 15) is 23.3 Å². The second-order valence-electron chi connectivity index (χ2n) is 8.88. The van der Waals surface area contributed by atoms with Crippen LogP contribution in [0.3, 0.4) is 0 Å². The van der Waals surface area contributed by atoms with E-state index in [2.05, 4.69) is 5.32 Å². The molecule has 0 spiro atoms. The van der Waals surface area contributed by atoms with Gasteiger partial charge in [-0.05, 0) is 48.6 Å². The Balaban J connectivity index is 1.65. The molecule has 1 saturated heterocycles. The van der Waals surface area contributed by atoms with Crippen LogP contribution in [0.4, 0.5) is 4.39 Å². The predicted molar refractivity (Wildman–Crippen MR) is 135 cm³/mol. The predicted octanol–water partition coefficient (Wildman–Crippen LogP) is 3.30. The maximum Gasteiger partial charge on any atom is 0.326 e. The van der Waals surface area contributed by atoms with Crippen LogP contribution in [-0.2, 0) is 30.1 Å². The van der Waals surface area contributed by atoms with Crippen LogP contribution in [0, 0.1) is 5.82 Å². The molecule has 1 atom stereocenters. The van der Waals surface area contributed by atoms with Gasteiger partial charge in [0.2, 0.25) is 5.91 Å². The number of hydrogen-bond donors (Lipinski definition) is 3. The molecular weight excluding hydrogens is 526 g/mol. The first kappa shape index (κ1) is 28.8. The molecule has 2 aromatic carbocycles. The van der Waals surface area contributed by atoms with E-state index in [0.29, 0.717) is 34.8 Å². The van der Waals surface area contributed by atoms with E-state index in [0.717, 1.165) is 12.8 Å². The molecule has 37 heavy (non-hydrogen) atoms. The van der Waals surface area contributed by atoms with Gasteiger partial charge in [0, 0.05) is 36.1 Å². The fourth-order valence-electron chi connectivity index (χ4n) is 4.01. The zero-order valence-electron chi connectivity index (χ0n) is 20.1. The van der Waals surface area contributed by atoms with Crippen LogP contribution < -0.4 is 5.32 Å². The Hall–Kier alpha value is -2.78. The van der Waals surface area contributed by atoms with Crippen LogP contribution in [0.5, 0.6) is 0 Å². The van der Waals surface area contributed by atoms with Gasteiger partial charge < -0.3 is 24.7 Å². The van der Waals surface area contributed by atoms with Gasteiger partial charge in [0.15, 0.2) is 6.61 Å². The minimum absolute atomic E-state index is 0.190. The maximum atomic E-state index is 14.2. The molecule has 1 aliphatic rings. The monoisotopic (exact) mass is 554 g/mol. The lowest BCUT2D eigenvalue weighted by Gasteiger charge is -2.20. The van der Waals surface area contributed by atoms with E-state index >= 15 is 0 Å². The molecule has 1 aliphatic heterocycles. The number of carbonyl (C=O) groups is 3. The highest BCUT2D eigenvalue weighted by Crippen LogP contribution is 2.34. The molecule has 9 nitrogen and oxygen atoms in total. The molecular formula is C25H29ClFN2O7P. The SMILES string of the molecule is O=C(CCP(=O)(O)O)NC(CC(=O)OCC(=O)N1CCCC1)Cc1ccc(-c2cc(Cl)ccc2F)cc1. The van der Waals surface area contributed by atoms with E-state index in [1.807, 2.05) is 0 Å². The number of likely N-dealkylation sites (tertiary alicyclic amines) is 1. The summed E-state index contributed by atoms with van der Waals surface area (Å²) < 4.78 is 30.4. The highest BCUT2D eigenvalue weighted by atomic mass is 35.5. The van der Waals surface area contributed by atoms with E-state index in [1.54, 1.807) is 29.2 Å². The van der Waals surface area contributed by atoms with Crippen molar-refractivity contribution in [1.82, 2.24) is 10.2 Å². The van der Waals surface area contributed by atoms with Gasteiger partial charge in [0.25, 0.3) is 5.91 Å². The van der Waals surface area contributed by atoms with Gasteiger partial charge in [-0.1, -0.05) is 35.9 Å². The maximum absolute atomic E-state index is 14.2. The number of hydrogen-bond acceptors (Lipinski definition) is 5. The number of nitrogens with one attached hydrogen (secondary N) is 1. The molecule has 0 radical (unpaired) electrons. The van der Waals surface area contributed by atoms with Crippen LogP contribution in [-0.4, -0.2) is 64.4 Å². The smallest absolute Gasteiger partial charge is 0.326 e. The summed E-state index contributed by atoms with van der Waals surface area (Å²) in [5, 5.41) is 3.01. The molecule has 1 heterocycles. The second-order valence-corrected chi connectivity index (χ2v) is 11.1. The van der Waals surface area contributed by atoms with E-state index in [1.165, 1.54) is 18.2 Å². The Morgan fingerprint density at radius 3 is 2.43 bits per heavy atom. The quantitative estimate of drug-likeness (QED) is 0.287. The molecule has 0 aliphatic carbocycles. The summed E-state index contributed by atoms with van der Waals surface area (Å²) >= 11 is 5.98. The van der Waals surface area contributed by atoms with Crippen molar-refractivity contribution in [2.75, 3.05) is 25.9 Å². The molecule has 0 bridgehead atoms. The first-order chi connectivity index (χ1) is 17.5. The topological polar surface area (TPSA) is 133 Å². The molecule has 12 heteroatoms. The molecule has 200 valence electrons. The Morgan fingerprint density at radius 2 is 1.78 bits per heavy atom. The van der Waals surface area contributed by atoms with Crippen molar-refractivity contribution in [3.8, 4) is 11.1 Å². The summed E-state index contributed by atoms with van der Waals surface area (Å²) in [6.07, 6.45) is 0.710. The lowest BCUT2D eigenvalue weighted by atomic mass is 9.99. The Labute approximate surface area is 219 Å². The van der Waals surface area contributed by atoms with Crippen LogP contribution >= 0.6 is 19.2 Å². The largest absolute Gasteiger partial charge is 0.456 e. The zero-order valence-corrected chi connectivity index (χ0v) is 21.7. The minimum Gasteiger partial charge on any atom is -0.456 e. The average molecular weight is 555 g/mol. The van der Waals surface area contributed by atoms with Crippen LogP contribution in [0.15, 0.2) is 42.5 Å². The zero-order chi connectivity index (χ0) is 27.0. The van der Waals surface area contributed by atoms with Crippen LogP contribution in [0.25, 0.3) is 11.1 Å². The number of amides is 2. The van der Waals surface area contributed by atoms with Gasteiger partial charge in [-0.3, -0.25) is 18.9 Å². The number of carbonyl (C=O) groups excluding carboxylic acids is 3. The van der Waals surface area contributed by atoms with Gasteiger partial charge in [-0.2, -0.15) is 0 Å². The highest BCUT2D eigenvalue weighted by Gasteiger charge is 2.23. The Bertz CT molecular complexity index is 1170. The van der Waals surface area contributed by atoms with Crippen molar-refractivity contribution in [1.29, 1.82) is 0 Å². The third-order valence-corrected chi connectivity index (χ3v) is 6.94. The number of nitrogens with zero attached hydrogens (tertiary/aromatic N) is 1. The summed E-state index contributed by atoms with van der Waals surface area (Å²) in [5.74, 6) is -2.03. The molecule has 0 aromatic heterocycles. The first-order valence-corrected chi connectivity index (χ1v) is 14.0. The van der Waals surface area contributed by atoms with Crippen molar-refractivity contribution in [3.63, 3.8) is 0 Å². The van der Waals surface area contributed by atoms with Crippen LogP contribution in [0.2, 0.25) is 5.02 Å². The Kier molecular flexibility index (Phi) is 10.2. The van der Waals surface area contributed by atoms with Gasteiger partial charge in [-0.25, -0.2) is 4.39 Å². The number of ether oxygens (including phenoxy) is 1.